The van der Waals surface area contributed by atoms with Crippen molar-refractivity contribution in [1.82, 2.24) is 9.62 Å². The van der Waals surface area contributed by atoms with E-state index in [2.05, 4.69) is 4.72 Å². The number of nitrogens with one attached hydrogen (secondary N) is 1. The summed E-state index contributed by atoms with van der Waals surface area (Å²) < 4.78 is 31.4. The normalized spacial score (nSPS) is 13.0. The highest BCUT2D eigenvalue weighted by atomic mass is 32.2. The van der Waals surface area contributed by atoms with E-state index in [0.717, 1.165) is 6.42 Å². The van der Waals surface area contributed by atoms with Crippen LogP contribution in [0.15, 0.2) is 29.2 Å². The number of hydrogen-bond acceptors (Lipinski definition) is 5. The van der Waals surface area contributed by atoms with Crippen molar-refractivity contribution in [2.45, 2.75) is 31.2 Å². The van der Waals surface area contributed by atoms with Crippen LogP contribution in [-0.2, 0) is 14.8 Å². The van der Waals surface area contributed by atoms with Gasteiger partial charge in [-0.15, -0.1) is 0 Å². The molecule has 1 aromatic rings. The number of sulfonamides is 1. The highest BCUT2D eigenvalue weighted by molar-refractivity contribution is 7.89. The maximum absolute atomic E-state index is 12.4. The number of carbonyl (C=O) groups is 1. The van der Waals surface area contributed by atoms with Gasteiger partial charge in [-0.25, -0.2) is 13.1 Å². The molecule has 3 N–H and O–H groups in total. The molecule has 1 amide bonds. The van der Waals surface area contributed by atoms with E-state index >= 15 is 0 Å². The largest absolute Gasteiger partial charge is 0.383 e. The molecule has 1 atom stereocenters. The minimum Gasteiger partial charge on any atom is -0.383 e. The Morgan fingerprint density at radius 2 is 1.88 bits per heavy atom. The number of methoxy groups -OCH3 is 1. The molecule has 1 rings (SSSR count). The third-order valence-electron chi connectivity index (χ3n) is 4.01. The van der Waals surface area contributed by atoms with Crippen LogP contribution in [0.3, 0.4) is 0 Å². The summed E-state index contributed by atoms with van der Waals surface area (Å²) in [6.45, 7) is 5.13. The van der Waals surface area contributed by atoms with Gasteiger partial charge in [0.05, 0.1) is 11.5 Å². The Hall–Kier alpha value is -1.48. The molecule has 0 heterocycles. The van der Waals surface area contributed by atoms with Crippen LogP contribution >= 0.6 is 0 Å². The zero-order chi connectivity index (χ0) is 19.0. The van der Waals surface area contributed by atoms with E-state index in [1.54, 1.807) is 11.9 Å². The maximum Gasteiger partial charge on any atom is 0.253 e. The minimum absolute atomic E-state index is 0.0425. The lowest BCUT2D eigenvalue weighted by Gasteiger charge is -2.21. The van der Waals surface area contributed by atoms with E-state index < -0.39 is 10.0 Å². The molecule has 8 heteroatoms. The summed E-state index contributed by atoms with van der Waals surface area (Å²) in [5.74, 6) is 0.200. The van der Waals surface area contributed by atoms with Gasteiger partial charge in [-0.3, -0.25) is 4.79 Å². The number of benzene rings is 1. The SMILES string of the molecule is COCCNS(=O)(=O)c1ccc(C(=O)N(C)CCC(N)C(C)C)cc1. The van der Waals surface area contributed by atoms with E-state index in [0.29, 0.717) is 24.6 Å². The first-order chi connectivity index (χ1) is 11.7. The van der Waals surface area contributed by atoms with Crippen molar-refractivity contribution in [2.75, 3.05) is 33.9 Å². The van der Waals surface area contributed by atoms with Gasteiger partial charge in [0.25, 0.3) is 5.91 Å². The van der Waals surface area contributed by atoms with E-state index in [-0.39, 0.29) is 23.4 Å². The molecule has 7 nitrogen and oxygen atoms in total. The molecule has 0 saturated carbocycles. The fraction of sp³-hybridized carbons (Fsp3) is 0.588. The van der Waals surface area contributed by atoms with Crippen LogP contribution in [0.1, 0.15) is 30.6 Å². The summed E-state index contributed by atoms with van der Waals surface area (Å²) in [4.78, 5) is 14.1. The lowest BCUT2D eigenvalue weighted by Crippen LogP contribution is -2.34. The summed E-state index contributed by atoms with van der Waals surface area (Å²) >= 11 is 0. The number of nitrogens with two attached hydrogens (primary N) is 1. The molecule has 25 heavy (non-hydrogen) atoms. The molecule has 0 saturated heterocycles. The number of rotatable bonds is 10. The maximum atomic E-state index is 12.4. The van der Waals surface area contributed by atoms with Gasteiger partial charge in [0.15, 0.2) is 0 Å². The molecule has 0 aliphatic rings. The summed E-state index contributed by atoms with van der Waals surface area (Å²) in [6, 6.07) is 5.94. The molecule has 0 fully saturated rings. The van der Waals surface area contributed by atoms with E-state index in [1.807, 2.05) is 13.8 Å². The fourth-order valence-electron chi connectivity index (χ4n) is 2.14. The number of nitrogens with zero attached hydrogens (tertiary/aromatic N) is 1. The first kappa shape index (κ1) is 21.6. The summed E-state index contributed by atoms with van der Waals surface area (Å²) in [6.07, 6.45) is 0.718. The predicted molar refractivity (Wildman–Crippen MR) is 97.9 cm³/mol. The first-order valence-corrected chi connectivity index (χ1v) is 9.77. The van der Waals surface area contributed by atoms with Crippen LogP contribution in [0.25, 0.3) is 0 Å². The number of amides is 1. The van der Waals surface area contributed by atoms with Crippen molar-refractivity contribution in [2.24, 2.45) is 11.7 Å². The molecular formula is C17H29N3O4S. The van der Waals surface area contributed by atoms with Crippen LogP contribution < -0.4 is 10.5 Å². The van der Waals surface area contributed by atoms with Crippen LogP contribution in [0, 0.1) is 5.92 Å². The zero-order valence-corrected chi connectivity index (χ0v) is 16.2. The second-order valence-electron chi connectivity index (χ2n) is 6.34. The van der Waals surface area contributed by atoms with Gasteiger partial charge >= 0.3 is 0 Å². The van der Waals surface area contributed by atoms with Gasteiger partial charge in [-0.1, -0.05) is 13.8 Å². The van der Waals surface area contributed by atoms with Gasteiger partial charge < -0.3 is 15.4 Å². The van der Waals surface area contributed by atoms with Crippen LogP contribution in [0.5, 0.6) is 0 Å². The van der Waals surface area contributed by atoms with Crippen molar-refractivity contribution in [1.29, 1.82) is 0 Å². The topological polar surface area (TPSA) is 102 Å². The monoisotopic (exact) mass is 371 g/mol. The smallest absolute Gasteiger partial charge is 0.253 e. The van der Waals surface area contributed by atoms with Crippen LogP contribution in [-0.4, -0.2) is 59.1 Å². The molecule has 0 aliphatic carbocycles. The standard InChI is InChI=1S/C17H29N3O4S/c1-13(2)16(18)9-11-20(3)17(21)14-5-7-15(8-6-14)25(22,23)19-10-12-24-4/h5-8,13,16,19H,9-12,18H2,1-4H3. The first-order valence-electron chi connectivity index (χ1n) is 8.28. The van der Waals surface area contributed by atoms with Crippen molar-refractivity contribution in [3.63, 3.8) is 0 Å². The number of carbonyl (C=O) groups excluding carboxylic acids is 1. The Bertz CT molecular complexity index is 644. The van der Waals surface area contributed by atoms with Crippen molar-refractivity contribution >= 4 is 15.9 Å². The highest BCUT2D eigenvalue weighted by Gasteiger charge is 2.17. The van der Waals surface area contributed by atoms with Gasteiger partial charge in [0.1, 0.15) is 0 Å². The second-order valence-corrected chi connectivity index (χ2v) is 8.11. The number of ether oxygens (including phenoxy) is 1. The van der Waals surface area contributed by atoms with Gasteiger partial charge in [-0.05, 0) is 36.6 Å². The average molecular weight is 372 g/mol. The highest BCUT2D eigenvalue weighted by Crippen LogP contribution is 2.12. The Morgan fingerprint density at radius 1 is 1.28 bits per heavy atom. The van der Waals surface area contributed by atoms with Crippen molar-refractivity contribution in [3.8, 4) is 0 Å². The molecule has 0 aliphatic heterocycles. The quantitative estimate of drug-likeness (QED) is 0.599. The van der Waals surface area contributed by atoms with Gasteiger partial charge in [0.2, 0.25) is 10.0 Å². The van der Waals surface area contributed by atoms with E-state index in [9.17, 15) is 13.2 Å². The van der Waals surface area contributed by atoms with Crippen molar-refractivity contribution < 1.29 is 17.9 Å². The lowest BCUT2D eigenvalue weighted by atomic mass is 10.0. The molecule has 1 aromatic carbocycles. The Morgan fingerprint density at radius 3 is 2.40 bits per heavy atom. The lowest BCUT2D eigenvalue weighted by molar-refractivity contribution is 0.0789. The summed E-state index contributed by atoms with van der Waals surface area (Å²) in [7, 11) is -0.384. The summed E-state index contributed by atoms with van der Waals surface area (Å²) in [5, 5.41) is 0. The number of hydrogen-bond donors (Lipinski definition) is 2. The van der Waals surface area contributed by atoms with E-state index in [4.69, 9.17) is 10.5 Å². The molecule has 142 valence electrons. The van der Waals surface area contributed by atoms with Gasteiger partial charge in [0, 0.05) is 38.9 Å². The van der Waals surface area contributed by atoms with Crippen molar-refractivity contribution in [3.05, 3.63) is 29.8 Å². The van der Waals surface area contributed by atoms with Gasteiger partial charge in [-0.2, -0.15) is 0 Å². The Kier molecular flexibility index (Phi) is 8.51. The second kappa shape index (κ2) is 9.86. The summed E-state index contributed by atoms with van der Waals surface area (Å²) in [5.41, 5.74) is 6.44. The molecule has 0 spiro atoms. The Balaban J connectivity index is 2.70. The third-order valence-corrected chi connectivity index (χ3v) is 5.49. The zero-order valence-electron chi connectivity index (χ0n) is 15.4. The molecular weight excluding hydrogens is 342 g/mol. The predicted octanol–water partition coefficient (Wildman–Crippen LogP) is 1.06. The van der Waals surface area contributed by atoms with E-state index in [1.165, 1.54) is 31.4 Å². The third kappa shape index (κ3) is 6.74. The van der Waals surface area contributed by atoms with Crippen LogP contribution in [0.2, 0.25) is 0 Å². The minimum atomic E-state index is -3.60. The Labute approximate surface area is 150 Å². The molecule has 0 bridgehead atoms. The average Bonchev–Trinajstić information content (AvgIpc) is 2.58. The molecule has 0 radical (unpaired) electrons. The molecule has 0 aromatic heterocycles. The molecule has 1 unspecified atom stereocenters. The fourth-order valence-corrected chi connectivity index (χ4v) is 3.15. The van der Waals surface area contributed by atoms with Crippen LogP contribution in [0.4, 0.5) is 0 Å².